The Hall–Kier alpha value is -1.59. The van der Waals surface area contributed by atoms with Crippen LogP contribution in [0, 0.1) is 11.8 Å². The van der Waals surface area contributed by atoms with Crippen LogP contribution in [0.3, 0.4) is 0 Å². The van der Waals surface area contributed by atoms with Crippen molar-refractivity contribution in [3.8, 4) is 0 Å². The van der Waals surface area contributed by atoms with Crippen LogP contribution in [-0.4, -0.2) is 39.2 Å². The van der Waals surface area contributed by atoms with Crippen LogP contribution in [0.1, 0.15) is 25.3 Å². The van der Waals surface area contributed by atoms with E-state index in [1.54, 1.807) is 13.1 Å². The Morgan fingerprint density at radius 1 is 1.41 bits per heavy atom. The van der Waals surface area contributed by atoms with Crippen molar-refractivity contribution in [2.24, 2.45) is 11.8 Å². The zero-order valence-electron chi connectivity index (χ0n) is 12.3. The molecule has 2 aliphatic rings. The predicted molar refractivity (Wildman–Crippen MR) is 83.5 cm³/mol. The van der Waals surface area contributed by atoms with Crippen LogP contribution in [0.15, 0.2) is 18.3 Å². The maximum Gasteiger partial charge on any atom is 0.219 e. The van der Waals surface area contributed by atoms with Crippen LogP contribution in [0.4, 0.5) is 0 Å². The SMILES string of the molecule is CC(=O)N1C[C@@H]2C[C@@](O)(c3cc(Cl)cc4[nH]ncc34)C[C@@H]2C1. The molecule has 1 saturated carbocycles. The lowest BCUT2D eigenvalue weighted by Gasteiger charge is -2.27. The number of carbonyl (C=O) groups is 1. The molecule has 3 atom stereocenters. The van der Waals surface area contributed by atoms with Crippen molar-refractivity contribution in [1.29, 1.82) is 0 Å². The van der Waals surface area contributed by atoms with Gasteiger partial charge in [0, 0.05) is 30.4 Å². The van der Waals surface area contributed by atoms with E-state index < -0.39 is 5.60 Å². The van der Waals surface area contributed by atoms with Gasteiger partial charge >= 0.3 is 0 Å². The highest BCUT2D eigenvalue weighted by atomic mass is 35.5. The Morgan fingerprint density at radius 3 is 2.73 bits per heavy atom. The monoisotopic (exact) mass is 319 g/mol. The molecule has 1 aliphatic carbocycles. The second-order valence-corrected chi connectivity index (χ2v) is 7.11. The Kier molecular flexibility index (Phi) is 3.00. The van der Waals surface area contributed by atoms with Crippen LogP contribution in [0.2, 0.25) is 5.02 Å². The number of hydrogen-bond donors (Lipinski definition) is 2. The number of H-pyrrole nitrogens is 1. The van der Waals surface area contributed by atoms with E-state index in [-0.39, 0.29) is 5.91 Å². The first-order valence-corrected chi connectivity index (χ1v) is 7.95. The molecule has 0 spiro atoms. The summed E-state index contributed by atoms with van der Waals surface area (Å²) in [6.45, 7) is 3.11. The number of likely N-dealkylation sites (tertiary alicyclic amines) is 1. The number of hydrogen-bond acceptors (Lipinski definition) is 3. The normalized spacial score (nSPS) is 31.0. The average molecular weight is 320 g/mol. The molecule has 1 saturated heterocycles. The molecule has 2 N–H and O–H groups in total. The predicted octanol–water partition coefficient (Wildman–Crippen LogP) is 2.29. The fourth-order valence-corrected chi connectivity index (χ4v) is 4.45. The minimum absolute atomic E-state index is 0.123. The zero-order chi connectivity index (χ0) is 15.5. The molecule has 1 amide bonds. The van der Waals surface area contributed by atoms with Gasteiger partial charge in [-0.05, 0) is 42.4 Å². The van der Waals surface area contributed by atoms with Gasteiger partial charge in [0.05, 0.1) is 17.3 Å². The number of aromatic nitrogens is 2. The maximum atomic E-state index is 11.5. The van der Waals surface area contributed by atoms with Gasteiger partial charge < -0.3 is 10.0 Å². The Balaban J connectivity index is 1.69. The molecule has 6 heteroatoms. The first kappa shape index (κ1) is 14.0. The Morgan fingerprint density at radius 2 is 2.09 bits per heavy atom. The standard InChI is InChI=1S/C16H18ClN3O2/c1-9(21)20-7-10-4-16(22,5-11(10)8-20)14-2-12(17)3-15-13(14)6-18-19-15/h2-3,6,10-11,22H,4-5,7-8H2,1H3,(H,18,19)/t10-,11+,16-. The van der Waals surface area contributed by atoms with E-state index in [9.17, 15) is 9.90 Å². The summed E-state index contributed by atoms with van der Waals surface area (Å²) in [6, 6.07) is 3.67. The van der Waals surface area contributed by atoms with Crippen molar-refractivity contribution in [2.45, 2.75) is 25.4 Å². The van der Waals surface area contributed by atoms with Crippen molar-refractivity contribution >= 4 is 28.4 Å². The summed E-state index contributed by atoms with van der Waals surface area (Å²) < 4.78 is 0. The third-order valence-corrected chi connectivity index (χ3v) is 5.46. The third-order valence-electron chi connectivity index (χ3n) is 5.25. The molecule has 2 aromatic rings. The first-order valence-electron chi connectivity index (χ1n) is 7.57. The van der Waals surface area contributed by atoms with E-state index in [4.69, 9.17) is 11.6 Å². The van der Waals surface area contributed by atoms with E-state index in [0.717, 1.165) is 29.6 Å². The summed E-state index contributed by atoms with van der Waals surface area (Å²) in [7, 11) is 0. The number of benzene rings is 1. The molecule has 0 radical (unpaired) electrons. The maximum absolute atomic E-state index is 11.5. The lowest BCUT2D eigenvalue weighted by Crippen LogP contribution is -2.31. The first-order chi connectivity index (χ1) is 10.5. The van der Waals surface area contributed by atoms with E-state index in [2.05, 4.69) is 10.2 Å². The van der Waals surface area contributed by atoms with Gasteiger partial charge in [0.2, 0.25) is 5.91 Å². The summed E-state index contributed by atoms with van der Waals surface area (Å²) in [5.74, 6) is 0.836. The van der Waals surface area contributed by atoms with Gasteiger partial charge in [-0.25, -0.2) is 0 Å². The fourth-order valence-electron chi connectivity index (χ4n) is 4.23. The Bertz CT molecular complexity index is 743. The molecule has 0 bridgehead atoms. The van der Waals surface area contributed by atoms with Crippen LogP contribution < -0.4 is 0 Å². The highest BCUT2D eigenvalue weighted by Gasteiger charge is 2.50. The van der Waals surface area contributed by atoms with Crippen molar-refractivity contribution in [2.75, 3.05) is 13.1 Å². The van der Waals surface area contributed by atoms with Gasteiger partial charge in [0.1, 0.15) is 0 Å². The number of aromatic amines is 1. The highest BCUT2D eigenvalue weighted by molar-refractivity contribution is 6.31. The number of nitrogens with zero attached hydrogens (tertiary/aromatic N) is 2. The van der Waals surface area contributed by atoms with Gasteiger partial charge in [0.15, 0.2) is 0 Å². The van der Waals surface area contributed by atoms with E-state index in [1.165, 1.54) is 0 Å². The third kappa shape index (κ3) is 2.03. The topological polar surface area (TPSA) is 69.2 Å². The number of nitrogens with one attached hydrogen (secondary N) is 1. The van der Waals surface area contributed by atoms with Crippen molar-refractivity contribution in [3.05, 3.63) is 28.9 Å². The van der Waals surface area contributed by atoms with Crippen LogP contribution >= 0.6 is 11.6 Å². The number of carbonyl (C=O) groups excluding carboxylic acids is 1. The molecule has 2 fully saturated rings. The molecular formula is C16H18ClN3O2. The second kappa shape index (κ2) is 4.70. The molecular weight excluding hydrogens is 302 g/mol. The van der Waals surface area contributed by atoms with Crippen molar-refractivity contribution < 1.29 is 9.90 Å². The minimum Gasteiger partial charge on any atom is -0.385 e. The summed E-state index contributed by atoms with van der Waals surface area (Å²) in [4.78, 5) is 13.4. The van der Waals surface area contributed by atoms with E-state index >= 15 is 0 Å². The molecule has 116 valence electrons. The molecule has 22 heavy (non-hydrogen) atoms. The second-order valence-electron chi connectivity index (χ2n) is 6.67. The van der Waals surface area contributed by atoms with Crippen LogP contribution in [0.25, 0.3) is 10.9 Å². The summed E-state index contributed by atoms with van der Waals surface area (Å²) in [5, 5.41) is 19.7. The summed E-state index contributed by atoms with van der Waals surface area (Å²) in [5.41, 5.74) is 0.816. The number of fused-ring (bicyclic) bond motifs is 2. The van der Waals surface area contributed by atoms with Gasteiger partial charge in [-0.3, -0.25) is 9.89 Å². The minimum atomic E-state index is -0.884. The van der Waals surface area contributed by atoms with E-state index in [0.29, 0.717) is 29.7 Å². The molecule has 1 aromatic carbocycles. The van der Waals surface area contributed by atoms with Gasteiger partial charge in [-0.1, -0.05) is 11.6 Å². The number of amides is 1. The highest BCUT2D eigenvalue weighted by Crippen LogP contribution is 2.50. The van der Waals surface area contributed by atoms with E-state index in [1.807, 2.05) is 17.0 Å². The number of aliphatic hydroxyl groups is 1. The molecule has 1 aliphatic heterocycles. The molecule has 0 unspecified atom stereocenters. The summed E-state index contributed by atoms with van der Waals surface area (Å²) >= 11 is 6.19. The van der Waals surface area contributed by atoms with Crippen molar-refractivity contribution in [3.63, 3.8) is 0 Å². The Labute approximate surface area is 133 Å². The van der Waals surface area contributed by atoms with Gasteiger partial charge in [0.25, 0.3) is 0 Å². The van der Waals surface area contributed by atoms with Crippen molar-refractivity contribution in [1.82, 2.24) is 15.1 Å². The van der Waals surface area contributed by atoms with Gasteiger partial charge in [-0.2, -0.15) is 5.10 Å². The molecule has 4 rings (SSSR count). The van der Waals surface area contributed by atoms with Crippen LogP contribution in [-0.2, 0) is 10.4 Å². The lowest BCUT2D eigenvalue weighted by molar-refractivity contribution is -0.128. The molecule has 1 aromatic heterocycles. The fraction of sp³-hybridized carbons (Fsp3) is 0.500. The largest absolute Gasteiger partial charge is 0.385 e. The quantitative estimate of drug-likeness (QED) is 0.847. The smallest absolute Gasteiger partial charge is 0.219 e. The number of rotatable bonds is 1. The number of halogens is 1. The lowest BCUT2D eigenvalue weighted by atomic mass is 9.88. The van der Waals surface area contributed by atoms with Crippen LogP contribution in [0.5, 0.6) is 0 Å². The summed E-state index contributed by atoms with van der Waals surface area (Å²) in [6.07, 6.45) is 3.08. The van der Waals surface area contributed by atoms with Gasteiger partial charge in [-0.15, -0.1) is 0 Å². The molecule has 2 heterocycles. The molecule has 5 nitrogen and oxygen atoms in total. The average Bonchev–Trinajstić information content (AvgIpc) is 3.10. The zero-order valence-corrected chi connectivity index (χ0v) is 13.1.